The molecule has 0 bridgehead atoms. The Morgan fingerprint density at radius 3 is 2.85 bits per heavy atom. The van der Waals surface area contributed by atoms with Crippen LogP contribution in [-0.2, 0) is 0 Å². The third-order valence-corrected chi connectivity index (χ3v) is 3.15. The number of aromatic nitrogens is 3. The maximum Gasteiger partial charge on any atom is 0.156 e. The van der Waals surface area contributed by atoms with Crippen LogP contribution in [0.15, 0.2) is 42.7 Å². The van der Waals surface area contributed by atoms with Gasteiger partial charge in [-0.05, 0) is 30.2 Å². The summed E-state index contributed by atoms with van der Waals surface area (Å²) in [6.45, 7) is 4.25. The van der Waals surface area contributed by atoms with Crippen LogP contribution < -0.4 is 11.1 Å². The summed E-state index contributed by atoms with van der Waals surface area (Å²) in [4.78, 5) is 4.39. The number of nitrogens with one attached hydrogen (secondary N) is 1. The van der Waals surface area contributed by atoms with Gasteiger partial charge in [-0.2, -0.15) is 5.10 Å². The van der Waals surface area contributed by atoms with Crippen molar-refractivity contribution in [3.63, 3.8) is 0 Å². The van der Waals surface area contributed by atoms with Crippen LogP contribution in [0.4, 0.5) is 17.2 Å². The van der Waals surface area contributed by atoms with E-state index in [1.165, 1.54) is 0 Å². The zero-order chi connectivity index (χ0) is 14.1. The first-order valence-electron chi connectivity index (χ1n) is 6.60. The molecule has 0 radical (unpaired) electrons. The molecule has 102 valence electrons. The van der Waals surface area contributed by atoms with E-state index in [0.717, 1.165) is 28.4 Å². The van der Waals surface area contributed by atoms with E-state index in [0.29, 0.717) is 5.92 Å². The van der Waals surface area contributed by atoms with E-state index >= 15 is 0 Å². The first-order chi connectivity index (χ1) is 9.63. The average Bonchev–Trinajstić information content (AvgIpc) is 2.84. The first-order valence-corrected chi connectivity index (χ1v) is 6.60. The predicted molar refractivity (Wildman–Crippen MR) is 81.2 cm³/mol. The molecule has 0 spiro atoms. The van der Waals surface area contributed by atoms with E-state index in [9.17, 15) is 0 Å². The third-order valence-electron chi connectivity index (χ3n) is 3.15. The van der Waals surface area contributed by atoms with Gasteiger partial charge < -0.3 is 11.1 Å². The van der Waals surface area contributed by atoms with Gasteiger partial charge in [-0.25, -0.2) is 9.50 Å². The molecule has 1 aromatic carbocycles. The van der Waals surface area contributed by atoms with E-state index in [2.05, 4.69) is 35.3 Å². The van der Waals surface area contributed by atoms with Crippen molar-refractivity contribution >= 4 is 22.7 Å². The van der Waals surface area contributed by atoms with Crippen molar-refractivity contribution in [1.29, 1.82) is 0 Å². The van der Waals surface area contributed by atoms with Crippen molar-refractivity contribution in [1.82, 2.24) is 14.6 Å². The van der Waals surface area contributed by atoms with Gasteiger partial charge >= 0.3 is 0 Å². The molecule has 0 unspecified atom stereocenters. The number of anilines is 3. The number of nitrogens with zero attached hydrogens (tertiary/aromatic N) is 3. The Labute approximate surface area is 117 Å². The number of hydrogen-bond acceptors (Lipinski definition) is 4. The summed E-state index contributed by atoms with van der Waals surface area (Å²) in [5.74, 6) is 1.16. The molecule has 0 saturated heterocycles. The molecule has 0 aliphatic rings. The van der Waals surface area contributed by atoms with Gasteiger partial charge in [-0.3, -0.25) is 0 Å². The third kappa shape index (κ3) is 2.30. The fourth-order valence-corrected chi connectivity index (χ4v) is 2.07. The van der Waals surface area contributed by atoms with Crippen LogP contribution in [0.1, 0.15) is 25.5 Å². The van der Waals surface area contributed by atoms with E-state index in [1.54, 1.807) is 6.20 Å². The molecule has 3 aromatic rings. The highest BCUT2D eigenvalue weighted by Crippen LogP contribution is 2.23. The summed E-state index contributed by atoms with van der Waals surface area (Å²) in [5, 5.41) is 7.83. The van der Waals surface area contributed by atoms with Crippen LogP contribution in [0.2, 0.25) is 0 Å². The highest BCUT2D eigenvalue weighted by molar-refractivity contribution is 5.74. The molecule has 0 aliphatic heterocycles. The molecule has 0 fully saturated rings. The summed E-state index contributed by atoms with van der Waals surface area (Å²) in [6, 6.07) is 9.67. The van der Waals surface area contributed by atoms with Gasteiger partial charge in [-0.1, -0.05) is 19.9 Å². The van der Waals surface area contributed by atoms with E-state index in [1.807, 2.05) is 35.0 Å². The van der Waals surface area contributed by atoms with Gasteiger partial charge in [0.1, 0.15) is 5.52 Å². The molecule has 5 heteroatoms. The summed E-state index contributed by atoms with van der Waals surface area (Å²) < 4.78 is 1.84. The van der Waals surface area contributed by atoms with Crippen molar-refractivity contribution in [2.24, 2.45) is 0 Å². The number of nitrogen functional groups attached to an aromatic ring is 1. The highest BCUT2D eigenvalue weighted by atomic mass is 15.2. The maximum atomic E-state index is 5.79. The lowest BCUT2D eigenvalue weighted by Gasteiger charge is -2.07. The van der Waals surface area contributed by atoms with Crippen LogP contribution in [-0.4, -0.2) is 14.6 Å². The van der Waals surface area contributed by atoms with Crippen LogP contribution in [0.25, 0.3) is 5.52 Å². The number of fused-ring (bicyclic) bond motifs is 1. The molecule has 2 aromatic heterocycles. The zero-order valence-corrected chi connectivity index (χ0v) is 11.5. The fraction of sp³-hybridized carbons (Fsp3) is 0.200. The molecular weight excluding hydrogens is 250 g/mol. The Hall–Kier alpha value is -2.56. The SMILES string of the molecule is CC(C)c1cc2c(Nc3cccc(N)c3)nccn2n1. The first kappa shape index (κ1) is 12.5. The molecule has 5 nitrogen and oxygen atoms in total. The van der Waals surface area contributed by atoms with Gasteiger partial charge in [0.25, 0.3) is 0 Å². The molecule has 0 aliphatic carbocycles. The maximum absolute atomic E-state index is 5.79. The van der Waals surface area contributed by atoms with Gasteiger partial charge in [0.05, 0.1) is 5.69 Å². The van der Waals surface area contributed by atoms with Crippen LogP contribution in [0.3, 0.4) is 0 Å². The Morgan fingerprint density at radius 2 is 2.10 bits per heavy atom. The minimum Gasteiger partial charge on any atom is -0.399 e. The molecule has 0 saturated carbocycles. The zero-order valence-electron chi connectivity index (χ0n) is 11.5. The van der Waals surface area contributed by atoms with Crippen LogP contribution in [0, 0.1) is 0 Å². The van der Waals surface area contributed by atoms with E-state index < -0.39 is 0 Å². The van der Waals surface area contributed by atoms with Crippen LogP contribution >= 0.6 is 0 Å². The summed E-state index contributed by atoms with van der Waals surface area (Å²) in [7, 11) is 0. The molecular formula is C15H17N5. The Bertz CT molecular complexity index is 745. The average molecular weight is 267 g/mol. The van der Waals surface area contributed by atoms with Crippen molar-refractivity contribution < 1.29 is 0 Å². The standard InChI is InChI=1S/C15H17N5/c1-10(2)13-9-14-15(17-6-7-20(14)19-13)18-12-5-3-4-11(16)8-12/h3-10H,16H2,1-2H3,(H,17,18). The highest BCUT2D eigenvalue weighted by Gasteiger charge is 2.09. The number of nitrogens with two attached hydrogens (primary N) is 1. The fourth-order valence-electron chi connectivity index (χ4n) is 2.07. The Morgan fingerprint density at radius 1 is 1.25 bits per heavy atom. The second kappa shape index (κ2) is 4.85. The minimum atomic E-state index is 0.384. The van der Waals surface area contributed by atoms with Gasteiger partial charge in [0.15, 0.2) is 5.82 Å². The van der Waals surface area contributed by atoms with Gasteiger partial charge in [0.2, 0.25) is 0 Å². The topological polar surface area (TPSA) is 68.2 Å². The molecule has 3 N–H and O–H groups in total. The monoisotopic (exact) mass is 267 g/mol. The minimum absolute atomic E-state index is 0.384. The normalized spacial score (nSPS) is 11.2. The second-order valence-electron chi connectivity index (χ2n) is 5.08. The molecule has 3 rings (SSSR count). The smallest absolute Gasteiger partial charge is 0.156 e. The lowest BCUT2D eigenvalue weighted by molar-refractivity contribution is 0.787. The molecule has 2 heterocycles. The Balaban J connectivity index is 2.03. The molecule has 20 heavy (non-hydrogen) atoms. The quantitative estimate of drug-likeness (QED) is 0.715. The second-order valence-corrected chi connectivity index (χ2v) is 5.08. The van der Waals surface area contributed by atoms with Crippen molar-refractivity contribution in [2.45, 2.75) is 19.8 Å². The number of rotatable bonds is 3. The summed E-state index contributed by atoms with van der Waals surface area (Å²) in [6.07, 6.45) is 3.59. The van der Waals surface area contributed by atoms with E-state index in [4.69, 9.17) is 5.73 Å². The predicted octanol–water partition coefficient (Wildman–Crippen LogP) is 3.18. The van der Waals surface area contributed by atoms with Crippen molar-refractivity contribution in [3.8, 4) is 0 Å². The Kier molecular flexibility index (Phi) is 3.02. The van der Waals surface area contributed by atoms with Crippen molar-refractivity contribution in [3.05, 3.63) is 48.4 Å². The largest absolute Gasteiger partial charge is 0.399 e. The van der Waals surface area contributed by atoms with E-state index in [-0.39, 0.29) is 0 Å². The summed E-state index contributed by atoms with van der Waals surface area (Å²) in [5.41, 5.74) is 9.43. The lowest BCUT2D eigenvalue weighted by atomic mass is 10.1. The van der Waals surface area contributed by atoms with Crippen LogP contribution in [0.5, 0.6) is 0 Å². The summed E-state index contributed by atoms with van der Waals surface area (Å²) >= 11 is 0. The van der Waals surface area contributed by atoms with Crippen molar-refractivity contribution in [2.75, 3.05) is 11.1 Å². The number of hydrogen-bond donors (Lipinski definition) is 2. The van der Waals surface area contributed by atoms with Gasteiger partial charge in [0, 0.05) is 23.8 Å². The van der Waals surface area contributed by atoms with Gasteiger partial charge in [-0.15, -0.1) is 0 Å². The lowest BCUT2D eigenvalue weighted by Crippen LogP contribution is -1.98. The number of benzene rings is 1. The molecule has 0 amide bonds. The molecule has 0 atom stereocenters.